The number of piperazine rings is 1. The fourth-order valence-electron chi connectivity index (χ4n) is 2.79. The van der Waals surface area contributed by atoms with Crippen molar-refractivity contribution in [1.82, 2.24) is 10.2 Å². The molecule has 0 radical (unpaired) electrons. The second-order valence-corrected chi connectivity index (χ2v) is 6.14. The van der Waals surface area contributed by atoms with E-state index in [2.05, 4.69) is 56.1 Å². The zero-order valence-corrected chi connectivity index (χ0v) is 12.2. The fraction of sp³-hybridized carbons (Fsp3) is 0.625. The maximum absolute atomic E-state index is 3.43. The van der Waals surface area contributed by atoms with E-state index in [4.69, 9.17) is 0 Å². The molecule has 2 nitrogen and oxygen atoms in total. The molecule has 1 N–H and O–H groups in total. The monoisotopic (exact) mass is 246 g/mol. The lowest BCUT2D eigenvalue weighted by Gasteiger charge is -2.41. The minimum Gasteiger partial charge on any atom is -0.314 e. The Labute approximate surface area is 111 Å². The van der Waals surface area contributed by atoms with Crippen molar-refractivity contribution in [2.75, 3.05) is 26.2 Å². The molecule has 2 rings (SSSR count). The van der Waals surface area contributed by atoms with Gasteiger partial charge >= 0.3 is 0 Å². The topological polar surface area (TPSA) is 15.3 Å². The minimum atomic E-state index is 0.254. The molecule has 1 aromatic carbocycles. The van der Waals surface area contributed by atoms with Crippen LogP contribution in [0.15, 0.2) is 18.2 Å². The van der Waals surface area contributed by atoms with Gasteiger partial charge in [-0.25, -0.2) is 0 Å². The molecule has 0 aliphatic carbocycles. The summed E-state index contributed by atoms with van der Waals surface area (Å²) < 4.78 is 0. The molecule has 1 aliphatic rings. The summed E-state index contributed by atoms with van der Waals surface area (Å²) in [5, 5.41) is 3.43. The summed E-state index contributed by atoms with van der Waals surface area (Å²) >= 11 is 0. The number of benzene rings is 1. The first kappa shape index (κ1) is 13.6. The molecule has 0 spiro atoms. The van der Waals surface area contributed by atoms with E-state index in [1.54, 1.807) is 0 Å². The molecule has 18 heavy (non-hydrogen) atoms. The lowest BCUT2D eigenvalue weighted by molar-refractivity contribution is 0.103. The van der Waals surface area contributed by atoms with Crippen molar-refractivity contribution in [1.29, 1.82) is 0 Å². The maximum Gasteiger partial charge on any atom is 0.0194 e. The van der Waals surface area contributed by atoms with E-state index in [1.165, 1.54) is 16.7 Å². The summed E-state index contributed by atoms with van der Waals surface area (Å²) in [4.78, 5) is 2.61. The van der Waals surface area contributed by atoms with Gasteiger partial charge in [0.2, 0.25) is 0 Å². The molecule has 2 heteroatoms. The first-order valence-corrected chi connectivity index (χ1v) is 7.01. The summed E-state index contributed by atoms with van der Waals surface area (Å²) in [6, 6.07) is 6.88. The number of hydrogen-bond donors (Lipinski definition) is 1. The van der Waals surface area contributed by atoms with Gasteiger partial charge in [-0.05, 0) is 50.8 Å². The summed E-state index contributed by atoms with van der Waals surface area (Å²) in [6.45, 7) is 13.7. The Morgan fingerprint density at radius 1 is 1.11 bits per heavy atom. The van der Waals surface area contributed by atoms with E-state index < -0.39 is 0 Å². The van der Waals surface area contributed by atoms with Gasteiger partial charge in [0.25, 0.3) is 0 Å². The molecule has 0 amide bonds. The van der Waals surface area contributed by atoms with Gasteiger partial charge in [-0.3, -0.25) is 4.90 Å². The second-order valence-electron chi connectivity index (χ2n) is 6.14. The summed E-state index contributed by atoms with van der Waals surface area (Å²) in [5.74, 6) is 0. The van der Waals surface area contributed by atoms with Gasteiger partial charge in [-0.1, -0.05) is 18.2 Å². The van der Waals surface area contributed by atoms with Crippen molar-refractivity contribution in [2.24, 2.45) is 0 Å². The molecule has 0 atom stereocenters. The van der Waals surface area contributed by atoms with Crippen LogP contribution in [0.4, 0.5) is 0 Å². The number of nitrogens with one attached hydrogen (secondary N) is 1. The van der Waals surface area contributed by atoms with Crippen LogP contribution in [0, 0.1) is 13.8 Å². The molecule has 0 aromatic heterocycles. The predicted octanol–water partition coefficient (Wildman–Crippen LogP) is 2.53. The summed E-state index contributed by atoms with van der Waals surface area (Å²) in [7, 11) is 0. The SMILES string of the molecule is Cc1ccc(CC(C)(C)N2CCNCC2)cc1C. The van der Waals surface area contributed by atoms with Crippen LogP contribution in [0.3, 0.4) is 0 Å². The van der Waals surface area contributed by atoms with Gasteiger partial charge in [-0.15, -0.1) is 0 Å². The number of aryl methyl sites for hydroxylation is 2. The maximum atomic E-state index is 3.43. The summed E-state index contributed by atoms with van der Waals surface area (Å²) in [6.07, 6.45) is 1.13. The fourth-order valence-corrected chi connectivity index (χ4v) is 2.79. The van der Waals surface area contributed by atoms with Gasteiger partial charge in [0.05, 0.1) is 0 Å². The van der Waals surface area contributed by atoms with Crippen LogP contribution >= 0.6 is 0 Å². The highest BCUT2D eigenvalue weighted by molar-refractivity contribution is 5.30. The first-order valence-electron chi connectivity index (χ1n) is 7.01. The third-order valence-electron chi connectivity index (χ3n) is 4.18. The van der Waals surface area contributed by atoms with Gasteiger partial charge in [0.15, 0.2) is 0 Å². The van der Waals surface area contributed by atoms with Crippen LogP contribution < -0.4 is 5.32 Å². The predicted molar refractivity (Wildman–Crippen MR) is 78.1 cm³/mol. The number of hydrogen-bond acceptors (Lipinski definition) is 2. The smallest absolute Gasteiger partial charge is 0.0194 e. The molecular formula is C16H26N2. The molecule has 0 saturated carbocycles. The highest BCUT2D eigenvalue weighted by Crippen LogP contribution is 2.22. The molecular weight excluding hydrogens is 220 g/mol. The lowest BCUT2D eigenvalue weighted by atomic mass is 9.91. The van der Waals surface area contributed by atoms with Crippen molar-refractivity contribution >= 4 is 0 Å². The Morgan fingerprint density at radius 3 is 2.39 bits per heavy atom. The van der Waals surface area contributed by atoms with Crippen LogP contribution in [0.25, 0.3) is 0 Å². The highest BCUT2D eigenvalue weighted by Gasteiger charge is 2.27. The van der Waals surface area contributed by atoms with Crippen LogP contribution in [0.1, 0.15) is 30.5 Å². The van der Waals surface area contributed by atoms with Crippen molar-refractivity contribution in [3.63, 3.8) is 0 Å². The van der Waals surface area contributed by atoms with E-state index >= 15 is 0 Å². The van der Waals surface area contributed by atoms with E-state index in [9.17, 15) is 0 Å². The van der Waals surface area contributed by atoms with Crippen molar-refractivity contribution in [2.45, 2.75) is 39.7 Å². The Hall–Kier alpha value is -0.860. The van der Waals surface area contributed by atoms with E-state index in [0.717, 1.165) is 32.6 Å². The molecule has 1 aromatic rings. The zero-order chi connectivity index (χ0) is 13.2. The van der Waals surface area contributed by atoms with Crippen molar-refractivity contribution in [3.05, 3.63) is 34.9 Å². The number of rotatable bonds is 3. The lowest BCUT2D eigenvalue weighted by Crippen LogP contribution is -2.54. The van der Waals surface area contributed by atoms with Gasteiger partial charge in [0.1, 0.15) is 0 Å². The largest absolute Gasteiger partial charge is 0.314 e. The minimum absolute atomic E-state index is 0.254. The van der Waals surface area contributed by atoms with E-state index in [-0.39, 0.29) is 5.54 Å². The van der Waals surface area contributed by atoms with Crippen LogP contribution in [0.2, 0.25) is 0 Å². The Kier molecular flexibility index (Phi) is 4.08. The summed E-state index contributed by atoms with van der Waals surface area (Å²) in [5.41, 5.74) is 4.51. The van der Waals surface area contributed by atoms with Crippen LogP contribution in [-0.4, -0.2) is 36.6 Å². The van der Waals surface area contributed by atoms with Crippen molar-refractivity contribution < 1.29 is 0 Å². The zero-order valence-electron chi connectivity index (χ0n) is 12.2. The van der Waals surface area contributed by atoms with Gasteiger partial charge in [0, 0.05) is 31.7 Å². The molecule has 1 aliphatic heterocycles. The average molecular weight is 246 g/mol. The molecule has 0 bridgehead atoms. The standard InChI is InChI=1S/C16H26N2/c1-13-5-6-15(11-14(13)2)12-16(3,4)18-9-7-17-8-10-18/h5-6,11,17H,7-10,12H2,1-4H3. The normalized spacial score (nSPS) is 18.0. The first-order chi connectivity index (χ1) is 8.49. The second kappa shape index (κ2) is 5.41. The van der Waals surface area contributed by atoms with Crippen LogP contribution in [0.5, 0.6) is 0 Å². The average Bonchev–Trinajstić information content (AvgIpc) is 2.35. The third kappa shape index (κ3) is 3.12. The molecule has 1 fully saturated rings. The molecule has 1 saturated heterocycles. The van der Waals surface area contributed by atoms with Gasteiger partial charge in [-0.2, -0.15) is 0 Å². The number of nitrogens with zero attached hydrogens (tertiary/aromatic N) is 1. The third-order valence-corrected chi connectivity index (χ3v) is 4.18. The molecule has 1 heterocycles. The van der Waals surface area contributed by atoms with Crippen LogP contribution in [-0.2, 0) is 6.42 Å². The quantitative estimate of drug-likeness (QED) is 0.881. The van der Waals surface area contributed by atoms with Gasteiger partial charge < -0.3 is 5.32 Å². The Bertz CT molecular complexity index is 404. The Morgan fingerprint density at radius 2 is 1.78 bits per heavy atom. The highest BCUT2D eigenvalue weighted by atomic mass is 15.2. The van der Waals surface area contributed by atoms with Crippen molar-refractivity contribution in [3.8, 4) is 0 Å². The molecule has 100 valence electrons. The molecule has 0 unspecified atom stereocenters. The van der Waals surface area contributed by atoms with E-state index in [1.807, 2.05) is 0 Å². The van der Waals surface area contributed by atoms with E-state index in [0.29, 0.717) is 0 Å². The Balaban J connectivity index is 2.08.